The van der Waals surface area contributed by atoms with Crippen LogP contribution >= 0.6 is 0 Å². The van der Waals surface area contributed by atoms with Gasteiger partial charge in [0.15, 0.2) is 0 Å². The third kappa shape index (κ3) is 4.54. The van der Waals surface area contributed by atoms with Gasteiger partial charge in [-0.3, -0.25) is 9.59 Å². The second-order valence-electron chi connectivity index (χ2n) is 7.21. The van der Waals surface area contributed by atoms with Crippen molar-refractivity contribution < 1.29 is 9.59 Å². The van der Waals surface area contributed by atoms with Crippen LogP contribution in [-0.2, 0) is 22.4 Å². The van der Waals surface area contributed by atoms with E-state index in [1.807, 2.05) is 40.3 Å². The minimum absolute atomic E-state index is 0.115. The quantitative estimate of drug-likeness (QED) is 0.898. The van der Waals surface area contributed by atoms with Crippen molar-refractivity contribution in [2.75, 3.05) is 26.2 Å². The molecule has 1 saturated heterocycles. The zero-order chi connectivity index (χ0) is 18.5. The van der Waals surface area contributed by atoms with Crippen LogP contribution < -0.4 is 0 Å². The number of aromatic amines is 1. The number of nitrogens with one attached hydrogen (secondary N) is 1. The lowest BCUT2D eigenvalue weighted by Gasteiger charge is -2.35. The van der Waals surface area contributed by atoms with Crippen molar-refractivity contribution in [1.82, 2.24) is 14.8 Å². The molecule has 26 heavy (non-hydrogen) atoms. The molecule has 3 rings (SSSR count). The van der Waals surface area contributed by atoms with Gasteiger partial charge in [-0.05, 0) is 29.2 Å². The number of aromatic nitrogens is 1. The van der Waals surface area contributed by atoms with Crippen molar-refractivity contribution in [2.24, 2.45) is 0 Å². The van der Waals surface area contributed by atoms with Crippen LogP contribution in [0.1, 0.15) is 36.6 Å². The van der Waals surface area contributed by atoms with E-state index < -0.39 is 0 Å². The highest BCUT2D eigenvalue weighted by Crippen LogP contribution is 2.16. The van der Waals surface area contributed by atoms with Gasteiger partial charge < -0.3 is 14.8 Å². The number of hydrogen-bond acceptors (Lipinski definition) is 2. The Bertz CT molecular complexity index is 727. The molecule has 0 bridgehead atoms. The first-order valence-electron chi connectivity index (χ1n) is 9.29. The van der Waals surface area contributed by atoms with Gasteiger partial charge in [0, 0.05) is 38.1 Å². The van der Waals surface area contributed by atoms with Crippen LogP contribution in [0.2, 0.25) is 0 Å². The zero-order valence-electron chi connectivity index (χ0n) is 15.6. The van der Waals surface area contributed by atoms with Gasteiger partial charge in [-0.2, -0.15) is 0 Å². The Kier molecular flexibility index (Phi) is 5.76. The summed E-state index contributed by atoms with van der Waals surface area (Å²) in [6.45, 7) is 6.77. The van der Waals surface area contributed by atoms with Gasteiger partial charge >= 0.3 is 0 Å². The Hall–Kier alpha value is -2.56. The molecule has 1 fully saturated rings. The van der Waals surface area contributed by atoms with Gasteiger partial charge in [-0.25, -0.2) is 0 Å². The number of H-pyrrole nitrogens is 1. The van der Waals surface area contributed by atoms with Gasteiger partial charge in [0.1, 0.15) is 0 Å². The fourth-order valence-corrected chi connectivity index (χ4v) is 3.26. The Balaban J connectivity index is 1.48. The maximum absolute atomic E-state index is 12.5. The molecule has 0 atom stereocenters. The summed E-state index contributed by atoms with van der Waals surface area (Å²) >= 11 is 0. The Morgan fingerprint density at radius 2 is 1.50 bits per heavy atom. The average molecular weight is 353 g/mol. The van der Waals surface area contributed by atoms with Crippen molar-refractivity contribution in [3.8, 4) is 0 Å². The SMILES string of the molecule is CC(C)c1ccc(CC(=O)N2CCN(C(=O)Cc3ccc[nH]3)CC2)cc1. The van der Waals surface area contributed by atoms with Crippen LogP contribution in [0.4, 0.5) is 0 Å². The predicted octanol–water partition coefficient (Wildman–Crippen LogP) is 2.59. The molecule has 1 aromatic heterocycles. The molecule has 0 unspecified atom stereocenters. The van der Waals surface area contributed by atoms with E-state index in [1.165, 1.54) is 5.56 Å². The second kappa shape index (κ2) is 8.21. The van der Waals surface area contributed by atoms with Crippen LogP contribution in [0.3, 0.4) is 0 Å². The first-order chi connectivity index (χ1) is 12.5. The number of piperazine rings is 1. The zero-order valence-corrected chi connectivity index (χ0v) is 15.6. The van der Waals surface area contributed by atoms with Crippen molar-refractivity contribution in [2.45, 2.75) is 32.6 Å². The molecule has 138 valence electrons. The molecule has 2 heterocycles. The topological polar surface area (TPSA) is 56.4 Å². The molecule has 2 aromatic rings. The molecule has 0 radical (unpaired) electrons. The van der Waals surface area contributed by atoms with E-state index in [0.29, 0.717) is 44.9 Å². The third-order valence-electron chi connectivity index (χ3n) is 4.99. The fraction of sp³-hybridized carbons (Fsp3) is 0.429. The molecule has 5 heteroatoms. The molecule has 1 aliphatic heterocycles. The number of nitrogens with zero attached hydrogens (tertiary/aromatic N) is 2. The second-order valence-corrected chi connectivity index (χ2v) is 7.21. The standard InChI is InChI=1S/C21H27N3O2/c1-16(2)18-7-5-17(6-8-18)14-20(25)23-10-12-24(13-11-23)21(26)15-19-4-3-9-22-19/h3-9,16,22H,10-15H2,1-2H3. The van der Waals surface area contributed by atoms with Gasteiger partial charge in [-0.1, -0.05) is 38.1 Å². The number of carbonyl (C=O) groups is 2. The monoisotopic (exact) mass is 353 g/mol. The summed E-state index contributed by atoms with van der Waals surface area (Å²) in [5, 5.41) is 0. The summed E-state index contributed by atoms with van der Waals surface area (Å²) in [5.41, 5.74) is 3.26. The molecule has 5 nitrogen and oxygen atoms in total. The van der Waals surface area contributed by atoms with Gasteiger partial charge in [0.2, 0.25) is 11.8 Å². The number of benzene rings is 1. The lowest BCUT2D eigenvalue weighted by atomic mass is 10.0. The highest BCUT2D eigenvalue weighted by molar-refractivity contribution is 5.80. The molecule has 0 spiro atoms. The summed E-state index contributed by atoms with van der Waals surface area (Å²) in [6.07, 6.45) is 2.64. The van der Waals surface area contributed by atoms with Crippen molar-refractivity contribution in [3.05, 3.63) is 59.4 Å². The van der Waals surface area contributed by atoms with E-state index in [2.05, 4.69) is 31.0 Å². The maximum Gasteiger partial charge on any atom is 0.228 e. The molecule has 1 aliphatic rings. The first-order valence-corrected chi connectivity index (χ1v) is 9.29. The fourth-order valence-electron chi connectivity index (χ4n) is 3.26. The Morgan fingerprint density at radius 1 is 0.923 bits per heavy atom. The van der Waals surface area contributed by atoms with Gasteiger partial charge in [-0.15, -0.1) is 0 Å². The van der Waals surface area contributed by atoms with Gasteiger partial charge in [0.05, 0.1) is 12.8 Å². The molecule has 2 amide bonds. The number of hydrogen-bond donors (Lipinski definition) is 1. The summed E-state index contributed by atoms with van der Waals surface area (Å²) in [5.74, 6) is 0.749. The number of rotatable bonds is 5. The van der Waals surface area contributed by atoms with E-state index in [0.717, 1.165) is 11.3 Å². The first kappa shape index (κ1) is 18.2. The Morgan fingerprint density at radius 3 is 2.00 bits per heavy atom. The minimum Gasteiger partial charge on any atom is -0.365 e. The smallest absolute Gasteiger partial charge is 0.228 e. The van der Waals surface area contributed by atoms with E-state index in [1.54, 1.807) is 0 Å². The van der Waals surface area contributed by atoms with E-state index in [-0.39, 0.29) is 11.8 Å². The van der Waals surface area contributed by atoms with Crippen molar-refractivity contribution in [3.63, 3.8) is 0 Å². The van der Waals surface area contributed by atoms with E-state index in [9.17, 15) is 9.59 Å². The molecule has 0 saturated carbocycles. The van der Waals surface area contributed by atoms with Gasteiger partial charge in [0.25, 0.3) is 0 Å². The average Bonchev–Trinajstić information content (AvgIpc) is 3.15. The van der Waals surface area contributed by atoms with Crippen LogP contribution in [0.5, 0.6) is 0 Å². The normalized spacial score (nSPS) is 14.7. The van der Waals surface area contributed by atoms with Crippen LogP contribution in [-0.4, -0.2) is 52.8 Å². The van der Waals surface area contributed by atoms with Crippen LogP contribution in [0.25, 0.3) is 0 Å². The van der Waals surface area contributed by atoms with Crippen molar-refractivity contribution >= 4 is 11.8 Å². The lowest BCUT2D eigenvalue weighted by molar-refractivity contribution is -0.138. The summed E-state index contributed by atoms with van der Waals surface area (Å²) in [6, 6.07) is 12.1. The van der Waals surface area contributed by atoms with Crippen LogP contribution in [0.15, 0.2) is 42.6 Å². The number of carbonyl (C=O) groups excluding carboxylic acids is 2. The molecule has 0 aliphatic carbocycles. The highest BCUT2D eigenvalue weighted by Gasteiger charge is 2.24. The van der Waals surface area contributed by atoms with E-state index in [4.69, 9.17) is 0 Å². The summed E-state index contributed by atoms with van der Waals surface area (Å²) in [4.78, 5) is 31.6. The molecular formula is C21H27N3O2. The molecule has 1 aromatic carbocycles. The highest BCUT2D eigenvalue weighted by atomic mass is 16.2. The lowest BCUT2D eigenvalue weighted by Crippen LogP contribution is -2.51. The van der Waals surface area contributed by atoms with Crippen LogP contribution in [0, 0.1) is 0 Å². The molecular weight excluding hydrogens is 326 g/mol. The largest absolute Gasteiger partial charge is 0.365 e. The molecule has 1 N–H and O–H groups in total. The van der Waals surface area contributed by atoms with Crippen molar-refractivity contribution in [1.29, 1.82) is 0 Å². The minimum atomic E-state index is 0.115. The summed E-state index contributed by atoms with van der Waals surface area (Å²) in [7, 11) is 0. The Labute approximate surface area is 155 Å². The summed E-state index contributed by atoms with van der Waals surface area (Å²) < 4.78 is 0. The number of amides is 2. The predicted molar refractivity (Wildman–Crippen MR) is 102 cm³/mol. The maximum atomic E-state index is 12.5. The van der Waals surface area contributed by atoms with E-state index >= 15 is 0 Å². The third-order valence-corrected chi connectivity index (χ3v) is 4.99.